The second-order valence-electron chi connectivity index (χ2n) is 4.16. The van der Waals surface area contributed by atoms with E-state index in [4.69, 9.17) is 4.42 Å². The Balaban J connectivity index is 1.89. The lowest BCUT2D eigenvalue weighted by Crippen LogP contribution is -2.19. The number of alkyl halides is 3. The van der Waals surface area contributed by atoms with E-state index < -0.39 is 11.7 Å². The molecule has 0 aliphatic rings. The molecule has 0 radical (unpaired) electrons. The summed E-state index contributed by atoms with van der Waals surface area (Å²) in [6.45, 7) is 0.760. The van der Waals surface area contributed by atoms with Crippen LogP contribution in [0.25, 0.3) is 0 Å². The van der Waals surface area contributed by atoms with Crippen molar-refractivity contribution in [3.05, 3.63) is 59.5 Å². The van der Waals surface area contributed by atoms with Gasteiger partial charge in [0.05, 0.1) is 11.8 Å². The summed E-state index contributed by atoms with van der Waals surface area (Å²) in [7, 11) is 0. The SMILES string of the molecule is FC(F)(F)c1ccccc1CNCCc1ccco1. The van der Waals surface area contributed by atoms with Gasteiger partial charge in [0.1, 0.15) is 5.76 Å². The highest BCUT2D eigenvalue weighted by atomic mass is 19.4. The second kappa shape index (κ2) is 5.93. The molecule has 0 saturated heterocycles. The van der Waals surface area contributed by atoms with E-state index in [1.54, 1.807) is 18.4 Å². The van der Waals surface area contributed by atoms with Crippen LogP contribution in [-0.4, -0.2) is 6.54 Å². The Labute approximate surface area is 109 Å². The number of nitrogens with one attached hydrogen (secondary N) is 1. The molecule has 1 aromatic carbocycles. The van der Waals surface area contributed by atoms with Crippen molar-refractivity contribution in [3.8, 4) is 0 Å². The van der Waals surface area contributed by atoms with E-state index in [2.05, 4.69) is 5.32 Å². The lowest BCUT2D eigenvalue weighted by atomic mass is 10.1. The summed E-state index contributed by atoms with van der Waals surface area (Å²) in [6.07, 6.45) is -2.07. The zero-order chi connectivity index (χ0) is 13.7. The Hall–Kier alpha value is -1.75. The Morgan fingerprint density at radius 3 is 2.53 bits per heavy atom. The smallest absolute Gasteiger partial charge is 0.416 e. The van der Waals surface area contributed by atoms with Crippen LogP contribution in [0, 0.1) is 0 Å². The van der Waals surface area contributed by atoms with Crippen molar-refractivity contribution >= 4 is 0 Å². The molecule has 2 aromatic rings. The van der Waals surface area contributed by atoms with Gasteiger partial charge in [-0.25, -0.2) is 0 Å². The van der Waals surface area contributed by atoms with Crippen molar-refractivity contribution in [1.82, 2.24) is 5.32 Å². The lowest BCUT2D eigenvalue weighted by molar-refractivity contribution is -0.138. The minimum atomic E-state index is -4.31. The molecule has 0 bridgehead atoms. The molecule has 0 unspecified atom stereocenters. The Kier molecular flexibility index (Phi) is 4.27. The Morgan fingerprint density at radius 2 is 1.84 bits per heavy atom. The highest BCUT2D eigenvalue weighted by Crippen LogP contribution is 2.31. The maximum absolute atomic E-state index is 12.7. The van der Waals surface area contributed by atoms with Gasteiger partial charge in [-0.05, 0) is 23.8 Å². The van der Waals surface area contributed by atoms with E-state index in [1.165, 1.54) is 12.1 Å². The van der Waals surface area contributed by atoms with Crippen LogP contribution < -0.4 is 5.32 Å². The minimum Gasteiger partial charge on any atom is -0.469 e. The maximum Gasteiger partial charge on any atom is 0.416 e. The molecule has 0 atom stereocenters. The van der Waals surface area contributed by atoms with Crippen LogP contribution in [-0.2, 0) is 19.1 Å². The van der Waals surface area contributed by atoms with Crippen LogP contribution in [0.4, 0.5) is 13.2 Å². The van der Waals surface area contributed by atoms with Gasteiger partial charge in [-0.15, -0.1) is 0 Å². The zero-order valence-electron chi connectivity index (χ0n) is 10.2. The second-order valence-corrected chi connectivity index (χ2v) is 4.16. The molecule has 0 spiro atoms. The molecule has 1 aromatic heterocycles. The summed E-state index contributed by atoms with van der Waals surface area (Å²) in [5, 5.41) is 2.99. The summed E-state index contributed by atoms with van der Waals surface area (Å²) in [5.74, 6) is 0.816. The molecule has 1 heterocycles. The first kappa shape index (κ1) is 13.7. The van der Waals surface area contributed by atoms with Gasteiger partial charge >= 0.3 is 6.18 Å². The van der Waals surface area contributed by atoms with Crippen LogP contribution >= 0.6 is 0 Å². The van der Waals surface area contributed by atoms with Gasteiger partial charge in [-0.3, -0.25) is 0 Å². The number of benzene rings is 1. The summed E-state index contributed by atoms with van der Waals surface area (Å²) in [4.78, 5) is 0. The van der Waals surface area contributed by atoms with Crippen molar-refractivity contribution in [2.75, 3.05) is 6.54 Å². The summed E-state index contributed by atoms with van der Waals surface area (Å²) >= 11 is 0. The van der Waals surface area contributed by atoms with Crippen molar-refractivity contribution in [1.29, 1.82) is 0 Å². The van der Waals surface area contributed by atoms with Crippen molar-refractivity contribution in [3.63, 3.8) is 0 Å². The summed E-state index contributed by atoms with van der Waals surface area (Å²) in [6, 6.07) is 9.22. The first-order chi connectivity index (χ1) is 9.07. The van der Waals surface area contributed by atoms with Gasteiger partial charge < -0.3 is 9.73 Å². The predicted octanol–water partition coefficient (Wildman–Crippen LogP) is 3.63. The molecule has 2 rings (SSSR count). The van der Waals surface area contributed by atoms with Gasteiger partial charge in [-0.1, -0.05) is 18.2 Å². The first-order valence-corrected chi connectivity index (χ1v) is 5.95. The van der Waals surface area contributed by atoms with E-state index >= 15 is 0 Å². The third kappa shape index (κ3) is 3.86. The van der Waals surface area contributed by atoms with E-state index in [1.807, 2.05) is 6.07 Å². The first-order valence-electron chi connectivity index (χ1n) is 5.95. The Bertz CT molecular complexity index is 506. The maximum atomic E-state index is 12.7. The molecule has 5 heteroatoms. The fourth-order valence-corrected chi connectivity index (χ4v) is 1.84. The molecule has 0 amide bonds. The van der Waals surface area contributed by atoms with Gasteiger partial charge in [0.2, 0.25) is 0 Å². The molecule has 1 N–H and O–H groups in total. The van der Waals surface area contributed by atoms with Crippen molar-refractivity contribution in [2.45, 2.75) is 19.1 Å². The molecule has 19 heavy (non-hydrogen) atoms. The van der Waals surface area contributed by atoms with E-state index in [-0.39, 0.29) is 12.1 Å². The largest absolute Gasteiger partial charge is 0.469 e. The van der Waals surface area contributed by atoms with Crippen molar-refractivity contribution in [2.24, 2.45) is 0 Å². The zero-order valence-corrected chi connectivity index (χ0v) is 10.2. The molecule has 0 fully saturated rings. The third-order valence-electron chi connectivity index (χ3n) is 2.77. The molecule has 2 nitrogen and oxygen atoms in total. The van der Waals surface area contributed by atoms with Crippen LogP contribution in [0.3, 0.4) is 0 Å². The fraction of sp³-hybridized carbons (Fsp3) is 0.286. The standard InChI is InChI=1S/C14H14F3NO/c15-14(16,17)13-6-2-1-4-11(13)10-18-8-7-12-5-3-9-19-12/h1-6,9,18H,7-8,10H2. The van der Waals surface area contributed by atoms with Crippen LogP contribution in [0.15, 0.2) is 47.1 Å². The van der Waals surface area contributed by atoms with Gasteiger partial charge in [0.25, 0.3) is 0 Å². The number of halogens is 3. The van der Waals surface area contributed by atoms with Gasteiger partial charge in [0, 0.05) is 19.5 Å². The van der Waals surface area contributed by atoms with E-state index in [0.29, 0.717) is 13.0 Å². The average Bonchev–Trinajstić information content (AvgIpc) is 2.87. The monoisotopic (exact) mass is 269 g/mol. The van der Waals surface area contributed by atoms with Crippen LogP contribution in [0.2, 0.25) is 0 Å². The molecule has 0 aliphatic heterocycles. The normalized spacial score (nSPS) is 11.7. The van der Waals surface area contributed by atoms with Crippen molar-refractivity contribution < 1.29 is 17.6 Å². The quantitative estimate of drug-likeness (QED) is 0.838. The molecule has 102 valence electrons. The predicted molar refractivity (Wildman–Crippen MR) is 65.6 cm³/mol. The summed E-state index contributed by atoms with van der Waals surface area (Å²) < 4.78 is 43.4. The third-order valence-corrected chi connectivity index (χ3v) is 2.77. The van der Waals surface area contributed by atoms with E-state index in [9.17, 15) is 13.2 Å². The molecular formula is C14H14F3NO. The number of hydrogen-bond acceptors (Lipinski definition) is 2. The van der Waals surface area contributed by atoms with E-state index in [0.717, 1.165) is 11.8 Å². The highest BCUT2D eigenvalue weighted by molar-refractivity contribution is 5.29. The average molecular weight is 269 g/mol. The van der Waals surface area contributed by atoms with Crippen LogP contribution in [0.5, 0.6) is 0 Å². The molecular weight excluding hydrogens is 255 g/mol. The highest BCUT2D eigenvalue weighted by Gasteiger charge is 2.32. The number of rotatable bonds is 5. The molecule has 0 saturated carbocycles. The lowest BCUT2D eigenvalue weighted by Gasteiger charge is -2.12. The fourth-order valence-electron chi connectivity index (χ4n) is 1.84. The van der Waals surface area contributed by atoms with Crippen LogP contribution in [0.1, 0.15) is 16.9 Å². The van der Waals surface area contributed by atoms with Gasteiger partial charge in [-0.2, -0.15) is 13.2 Å². The topological polar surface area (TPSA) is 25.2 Å². The minimum absolute atomic E-state index is 0.191. The Morgan fingerprint density at radius 1 is 1.05 bits per heavy atom. The number of furan rings is 1. The number of hydrogen-bond donors (Lipinski definition) is 1. The van der Waals surface area contributed by atoms with Gasteiger partial charge in [0.15, 0.2) is 0 Å². The summed E-state index contributed by atoms with van der Waals surface area (Å²) in [5.41, 5.74) is -0.324. The molecule has 0 aliphatic carbocycles.